The van der Waals surface area contributed by atoms with Crippen LogP contribution in [0.4, 0.5) is 0 Å². The summed E-state index contributed by atoms with van der Waals surface area (Å²) in [5.74, 6) is 2.73. The Bertz CT molecular complexity index is 1970. The van der Waals surface area contributed by atoms with Gasteiger partial charge in [0.15, 0.2) is 0 Å². The first-order valence-electron chi connectivity index (χ1n) is 13.7. The van der Waals surface area contributed by atoms with Gasteiger partial charge in [0.05, 0.1) is 0 Å². The van der Waals surface area contributed by atoms with Gasteiger partial charge < -0.3 is 14.9 Å². The molecule has 5 aliphatic rings. The monoisotopic (exact) mass is 516 g/mol. The fourth-order valence-electron chi connectivity index (χ4n) is 7.42. The maximum Gasteiger partial charge on any atom is 0.132 e. The molecule has 0 aromatic heterocycles. The van der Waals surface area contributed by atoms with E-state index in [1.54, 1.807) is 12.1 Å². The van der Waals surface area contributed by atoms with E-state index in [9.17, 15) is 10.2 Å². The molecule has 2 unspecified atom stereocenters. The Hall–Kier alpha value is -5.02. The summed E-state index contributed by atoms with van der Waals surface area (Å²) in [6, 6.07) is 19.2. The van der Waals surface area contributed by atoms with E-state index in [4.69, 9.17) is 4.74 Å². The third kappa shape index (κ3) is 2.95. The van der Waals surface area contributed by atoms with Crippen LogP contribution in [0.15, 0.2) is 143 Å². The highest BCUT2D eigenvalue weighted by Crippen LogP contribution is 2.56. The molecule has 0 radical (unpaired) electrons. The predicted octanol–water partition coefficient (Wildman–Crippen LogP) is 8.67. The Morgan fingerprint density at radius 2 is 1.10 bits per heavy atom. The number of ether oxygens (including phenoxy) is 1. The van der Waals surface area contributed by atoms with Gasteiger partial charge in [0.2, 0.25) is 0 Å². The molecule has 0 saturated heterocycles. The minimum Gasteiger partial charge on any atom is -0.508 e. The highest BCUT2D eigenvalue weighted by Gasteiger charge is 2.40. The lowest BCUT2D eigenvalue weighted by molar-refractivity contribution is 0.455. The second kappa shape index (κ2) is 7.77. The first kappa shape index (κ1) is 21.9. The molecule has 40 heavy (non-hydrogen) atoms. The Morgan fingerprint density at radius 1 is 0.525 bits per heavy atom. The van der Waals surface area contributed by atoms with E-state index in [1.165, 1.54) is 27.9 Å². The van der Waals surface area contributed by atoms with E-state index in [2.05, 4.69) is 54.7 Å². The maximum absolute atomic E-state index is 10.3. The number of rotatable bonds is 1. The topological polar surface area (TPSA) is 49.7 Å². The molecule has 0 saturated carbocycles. The van der Waals surface area contributed by atoms with E-state index in [1.807, 2.05) is 48.5 Å². The lowest BCUT2D eigenvalue weighted by Crippen LogP contribution is -2.29. The summed E-state index contributed by atoms with van der Waals surface area (Å²) in [6.07, 6.45) is 20.5. The molecule has 4 aromatic carbocycles. The van der Waals surface area contributed by atoms with Crippen molar-refractivity contribution < 1.29 is 14.9 Å². The third-order valence-electron chi connectivity index (χ3n) is 9.09. The summed E-state index contributed by atoms with van der Waals surface area (Å²) in [4.78, 5) is 0. The Kier molecular flexibility index (Phi) is 4.25. The van der Waals surface area contributed by atoms with Gasteiger partial charge in [-0.1, -0.05) is 78.9 Å². The largest absolute Gasteiger partial charge is 0.508 e. The van der Waals surface area contributed by atoms with Crippen LogP contribution in [0.3, 0.4) is 0 Å². The van der Waals surface area contributed by atoms with Crippen molar-refractivity contribution in [1.82, 2.24) is 0 Å². The van der Waals surface area contributed by atoms with Gasteiger partial charge in [-0.25, -0.2) is 0 Å². The van der Waals surface area contributed by atoms with Crippen LogP contribution in [0, 0.1) is 11.8 Å². The Labute approximate surface area is 231 Å². The van der Waals surface area contributed by atoms with Gasteiger partial charge in [-0.3, -0.25) is 0 Å². The van der Waals surface area contributed by atoms with Crippen molar-refractivity contribution in [1.29, 1.82) is 0 Å². The maximum atomic E-state index is 10.3. The number of hydrogen-bond acceptors (Lipinski definition) is 3. The van der Waals surface area contributed by atoms with Crippen molar-refractivity contribution in [2.24, 2.45) is 11.8 Å². The summed E-state index contributed by atoms with van der Waals surface area (Å²) in [6.45, 7) is 0. The summed E-state index contributed by atoms with van der Waals surface area (Å²) < 4.78 is 6.59. The Morgan fingerprint density at radius 3 is 1.80 bits per heavy atom. The molecule has 3 heteroatoms. The first-order valence-corrected chi connectivity index (χ1v) is 13.7. The number of benzene rings is 4. The Balaban J connectivity index is 1.35. The zero-order chi connectivity index (χ0) is 26.5. The molecule has 0 amide bonds. The highest BCUT2D eigenvalue weighted by atomic mass is 16.5. The molecule has 190 valence electrons. The molecule has 0 spiro atoms. The molecular formula is C37H24O3. The van der Waals surface area contributed by atoms with Gasteiger partial charge in [-0.05, 0) is 85.8 Å². The van der Waals surface area contributed by atoms with Crippen molar-refractivity contribution in [3.63, 3.8) is 0 Å². The molecule has 2 atom stereocenters. The highest BCUT2D eigenvalue weighted by molar-refractivity contribution is 5.96. The molecule has 9 rings (SSSR count). The van der Waals surface area contributed by atoms with Gasteiger partial charge >= 0.3 is 0 Å². The average Bonchev–Trinajstić information content (AvgIpc) is 2.98. The van der Waals surface area contributed by atoms with Crippen LogP contribution >= 0.6 is 0 Å². The van der Waals surface area contributed by atoms with Crippen molar-refractivity contribution in [3.8, 4) is 23.0 Å². The van der Waals surface area contributed by atoms with Crippen molar-refractivity contribution in [2.45, 2.75) is 5.92 Å². The predicted molar refractivity (Wildman–Crippen MR) is 159 cm³/mol. The van der Waals surface area contributed by atoms with Gasteiger partial charge in [-0.2, -0.15) is 0 Å². The number of phenolic OH excluding ortho intramolecular Hbond substituents is 2. The summed E-state index contributed by atoms with van der Waals surface area (Å²) >= 11 is 0. The summed E-state index contributed by atoms with van der Waals surface area (Å²) in [7, 11) is 0. The first-order chi connectivity index (χ1) is 19.6. The number of phenols is 2. The van der Waals surface area contributed by atoms with Crippen LogP contribution in [0.1, 0.15) is 17.0 Å². The van der Waals surface area contributed by atoms with Crippen molar-refractivity contribution >= 4 is 21.5 Å². The van der Waals surface area contributed by atoms with Crippen LogP contribution in [-0.4, -0.2) is 10.2 Å². The molecule has 1 heterocycles. The fraction of sp³-hybridized carbons (Fsp3) is 0.0811. The molecule has 2 N–H and O–H groups in total. The van der Waals surface area contributed by atoms with Crippen LogP contribution in [0.5, 0.6) is 23.0 Å². The van der Waals surface area contributed by atoms with E-state index in [-0.39, 0.29) is 17.4 Å². The average molecular weight is 517 g/mol. The standard InChI is InChI=1S/C37H24O3/c38-27-10-12-29-22(18-27)8-14-31-36(29)35(37-30-13-11-28(39)19-23(30)9-15-32(37)40-31)26-16-24-6-4-20-2-1-3-21-5-7-25(17-26)34(24)33(20)21/h1-19,33-35,38-39H. The second-order valence-corrected chi connectivity index (χ2v) is 11.2. The SMILES string of the molecule is Oc1ccc2c3c(ccc2c1)Oc1ccc2cc(O)ccc2c1C3C1=CC2=CC=C3C=CC=C4C=CC(=C1)C2C43. The van der Waals surface area contributed by atoms with Gasteiger partial charge in [-0.15, -0.1) is 0 Å². The molecule has 0 bridgehead atoms. The number of hydrogen-bond donors (Lipinski definition) is 2. The van der Waals surface area contributed by atoms with Crippen molar-refractivity contribution in [3.05, 3.63) is 154 Å². The van der Waals surface area contributed by atoms with Gasteiger partial charge in [0, 0.05) is 28.9 Å². The van der Waals surface area contributed by atoms with E-state index < -0.39 is 0 Å². The quantitative estimate of drug-likeness (QED) is 0.266. The van der Waals surface area contributed by atoms with Gasteiger partial charge in [0.1, 0.15) is 23.0 Å². The summed E-state index contributed by atoms with van der Waals surface area (Å²) in [5.41, 5.74) is 8.81. The molecule has 0 fully saturated rings. The smallest absolute Gasteiger partial charge is 0.132 e. The second-order valence-electron chi connectivity index (χ2n) is 11.2. The van der Waals surface area contributed by atoms with E-state index in [0.29, 0.717) is 11.8 Å². The zero-order valence-electron chi connectivity index (χ0n) is 21.5. The lowest BCUT2D eigenvalue weighted by atomic mass is 9.63. The summed E-state index contributed by atoms with van der Waals surface area (Å²) in [5, 5.41) is 24.6. The fourth-order valence-corrected chi connectivity index (χ4v) is 7.42. The van der Waals surface area contributed by atoms with Gasteiger partial charge in [0.25, 0.3) is 0 Å². The molecule has 4 aromatic rings. The van der Waals surface area contributed by atoms with E-state index >= 15 is 0 Å². The number of fused-ring (bicyclic) bond motifs is 6. The van der Waals surface area contributed by atoms with Crippen LogP contribution in [-0.2, 0) is 0 Å². The lowest BCUT2D eigenvalue weighted by Gasteiger charge is -2.41. The molecule has 4 aliphatic carbocycles. The zero-order valence-corrected chi connectivity index (χ0v) is 21.5. The number of aromatic hydroxyl groups is 2. The van der Waals surface area contributed by atoms with E-state index in [0.717, 1.165) is 44.2 Å². The van der Waals surface area contributed by atoms with Crippen molar-refractivity contribution in [2.75, 3.05) is 0 Å². The molecular weight excluding hydrogens is 492 g/mol. The number of allylic oxidation sites excluding steroid dienone is 14. The van der Waals surface area contributed by atoms with Crippen LogP contribution in [0.25, 0.3) is 21.5 Å². The molecule has 1 aliphatic heterocycles. The minimum atomic E-state index is -0.100. The minimum absolute atomic E-state index is 0.100. The normalized spacial score (nSPS) is 21.9. The molecule has 3 nitrogen and oxygen atoms in total. The third-order valence-corrected chi connectivity index (χ3v) is 9.09. The van der Waals surface area contributed by atoms with Crippen LogP contribution < -0.4 is 4.74 Å². The van der Waals surface area contributed by atoms with Crippen LogP contribution in [0.2, 0.25) is 0 Å².